The van der Waals surface area contributed by atoms with Gasteiger partial charge in [0.2, 0.25) is 0 Å². The van der Waals surface area contributed by atoms with Crippen LogP contribution < -0.4 is 5.56 Å². The first-order chi connectivity index (χ1) is 9.54. The largest absolute Gasteiger partial charge is 0.318 e. The van der Waals surface area contributed by atoms with Crippen LogP contribution in [0.4, 0.5) is 0 Å². The van der Waals surface area contributed by atoms with E-state index in [1.54, 1.807) is 11.6 Å². The fourth-order valence-corrected chi connectivity index (χ4v) is 2.82. The molecule has 0 N–H and O–H groups in total. The maximum absolute atomic E-state index is 11.7. The van der Waals surface area contributed by atoms with Gasteiger partial charge in [-0.05, 0) is 41.7 Å². The van der Waals surface area contributed by atoms with Crippen molar-refractivity contribution in [1.29, 1.82) is 0 Å². The summed E-state index contributed by atoms with van der Waals surface area (Å²) in [4.78, 5) is 23.3. The number of benzene rings is 1. The van der Waals surface area contributed by atoms with E-state index >= 15 is 0 Å². The van der Waals surface area contributed by atoms with Crippen molar-refractivity contribution in [3.63, 3.8) is 0 Å². The first-order valence-electron chi connectivity index (χ1n) is 6.86. The molecule has 102 valence electrons. The van der Waals surface area contributed by atoms with Crippen molar-refractivity contribution in [2.45, 2.75) is 26.2 Å². The standard InChI is InChI=1S/C17H17NO2/c1-11-7-15(10-18(2)17(11)20)13-4-3-12-5-6-16(19)9-14(12)8-13/h3-4,7-8,10H,5-6,9H2,1-2H3. The lowest BCUT2D eigenvalue weighted by atomic mass is 9.88. The van der Waals surface area contributed by atoms with Gasteiger partial charge in [0.25, 0.3) is 5.56 Å². The number of pyridine rings is 1. The van der Waals surface area contributed by atoms with Crippen LogP contribution in [0, 0.1) is 6.92 Å². The van der Waals surface area contributed by atoms with Crippen LogP contribution in [0.5, 0.6) is 0 Å². The van der Waals surface area contributed by atoms with Crippen LogP contribution in [0.1, 0.15) is 23.1 Å². The molecule has 0 saturated carbocycles. The molecular formula is C17H17NO2. The maximum Gasteiger partial charge on any atom is 0.253 e. The van der Waals surface area contributed by atoms with Gasteiger partial charge < -0.3 is 4.57 Å². The Hall–Kier alpha value is -2.16. The van der Waals surface area contributed by atoms with Gasteiger partial charge in [0, 0.05) is 31.6 Å². The zero-order valence-corrected chi connectivity index (χ0v) is 11.8. The molecule has 0 atom stereocenters. The van der Waals surface area contributed by atoms with Gasteiger partial charge in [-0.25, -0.2) is 0 Å². The summed E-state index contributed by atoms with van der Waals surface area (Å²) < 4.78 is 1.61. The normalized spacial score (nSPS) is 14.2. The highest BCUT2D eigenvalue weighted by molar-refractivity contribution is 5.84. The Kier molecular flexibility index (Phi) is 3.05. The predicted octanol–water partition coefficient (Wildman–Crippen LogP) is 2.42. The molecule has 2 aromatic rings. The minimum Gasteiger partial charge on any atom is -0.318 e. The monoisotopic (exact) mass is 267 g/mol. The van der Waals surface area contributed by atoms with Crippen molar-refractivity contribution < 1.29 is 4.79 Å². The molecule has 3 nitrogen and oxygen atoms in total. The van der Waals surface area contributed by atoms with Crippen molar-refractivity contribution in [3.8, 4) is 11.1 Å². The van der Waals surface area contributed by atoms with Gasteiger partial charge in [-0.1, -0.05) is 18.2 Å². The summed E-state index contributed by atoms with van der Waals surface area (Å²) in [5.41, 5.74) is 5.25. The molecule has 0 saturated heterocycles. The number of aryl methyl sites for hydroxylation is 3. The summed E-state index contributed by atoms with van der Waals surface area (Å²) in [7, 11) is 1.76. The van der Waals surface area contributed by atoms with E-state index in [0.29, 0.717) is 18.6 Å². The molecule has 20 heavy (non-hydrogen) atoms. The quantitative estimate of drug-likeness (QED) is 0.796. The summed E-state index contributed by atoms with van der Waals surface area (Å²) in [6.45, 7) is 1.83. The highest BCUT2D eigenvalue weighted by atomic mass is 16.1. The molecule has 0 radical (unpaired) electrons. The van der Waals surface area contributed by atoms with Crippen LogP contribution in [0.3, 0.4) is 0 Å². The van der Waals surface area contributed by atoms with Gasteiger partial charge in [-0.2, -0.15) is 0 Å². The van der Waals surface area contributed by atoms with Crippen LogP contribution in [-0.2, 0) is 24.7 Å². The number of hydrogen-bond acceptors (Lipinski definition) is 2. The average molecular weight is 267 g/mol. The molecule has 0 amide bonds. The number of rotatable bonds is 1. The van der Waals surface area contributed by atoms with Gasteiger partial charge in [0.15, 0.2) is 0 Å². The Morgan fingerprint density at radius 3 is 2.55 bits per heavy atom. The molecule has 1 aromatic heterocycles. The van der Waals surface area contributed by atoms with Crippen LogP contribution >= 0.6 is 0 Å². The first-order valence-corrected chi connectivity index (χ1v) is 6.86. The lowest BCUT2D eigenvalue weighted by Crippen LogP contribution is -2.18. The second-order valence-corrected chi connectivity index (χ2v) is 5.53. The Morgan fingerprint density at radius 2 is 1.80 bits per heavy atom. The molecule has 1 aromatic carbocycles. The van der Waals surface area contributed by atoms with Crippen LogP contribution in [0.25, 0.3) is 11.1 Å². The van der Waals surface area contributed by atoms with Crippen LogP contribution in [0.2, 0.25) is 0 Å². The summed E-state index contributed by atoms with van der Waals surface area (Å²) >= 11 is 0. The Bertz CT molecular complexity index is 730. The van der Waals surface area contributed by atoms with Gasteiger partial charge >= 0.3 is 0 Å². The fraction of sp³-hybridized carbons (Fsp3) is 0.294. The molecule has 0 bridgehead atoms. The molecular weight excluding hydrogens is 250 g/mol. The van der Waals surface area contributed by atoms with E-state index in [1.165, 1.54) is 5.56 Å². The van der Waals surface area contributed by atoms with Crippen LogP contribution in [-0.4, -0.2) is 10.4 Å². The maximum atomic E-state index is 11.7. The lowest BCUT2D eigenvalue weighted by Gasteiger charge is -2.16. The molecule has 0 fully saturated rings. The zero-order chi connectivity index (χ0) is 14.3. The summed E-state index contributed by atoms with van der Waals surface area (Å²) in [5, 5.41) is 0. The zero-order valence-electron chi connectivity index (χ0n) is 11.8. The highest BCUT2D eigenvalue weighted by Crippen LogP contribution is 2.26. The number of fused-ring (bicyclic) bond motifs is 1. The summed E-state index contributed by atoms with van der Waals surface area (Å²) in [5.74, 6) is 0.311. The molecule has 0 unspecified atom stereocenters. The molecule has 0 aliphatic heterocycles. The minimum absolute atomic E-state index is 0.0295. The van der Waals surface area contributed by atoms with E-state index in [2.05, 4.69) is 18.2 Å². The van der Waals surface area contributed by atoms with Crippen LogP contribution in [0.15, 0.2) is 35.3 Å². The van der Waals surface area contributed by atoms with Gasteiger partial charge in [-0.15, -0.1) is 0 Å². The van der Waals surface area contributed by atoms with Crippen molar-refractivity contribution in [1.82, 2.24) is 4.57 Å². The predicted molar refractivity (Wildman–Crippen MR) is 78.9 cm³/mol. The van der Waals surface area contributed by atoms with E-state index in [9.17, 15) is 9.59 Å². The highest BCUT2D eigenvalue weighted by Gasteiger charge is 2.16. The molecule has 3 rings (SSSR count). The van der Waals surface area contributed by atoms with E-state index in [1.807, 2.05) is 19.2 Å². The van der Waals surface area contributed by atoms with E-state index in [0.717, 1.165) is 28.7 Å². The Labute approximate surface area is 117 Å². The number of aromatic nitrogens is 1. The number of hydrogen-bond donors (Lipinski definition) is 0. The average Bonchev–Trinajstić information content (AvgIpc) is 2.43. The molecule has 1 heterocycles. The van der Waals surface area contributed by atoms with Crippen molar-refractivity contribution in [2.75, 3.05) is 0 Å². The molecule has 1 aliphatic rings. The van der Waals surface area contributed by atoms with Crippen molar-refractivity contribution in [3.05, 3.63) is 57.5 Å². The smallest absolute Gasteiger partial charge is 0.253 e. The van der Waals surface area contributed by atoms with E-state index < -0.39 is 0 Å². The molecule has 0 spiro atoms. The fourth-order valence-electron chi connectivity index (χ4n) is 2.82. The van der Waals surface area contributed by atoms with Gasteiger partial charge in [0.05, 0.1) is 0 Å². The third-order valence-corrected chi connectivity index (χ3v) is 3.96. The van der Waals surface area contributed by atoms with Crippen molar-refractivity contribution in [2.24, 2.45) is 7.05 Å². The topological polar surface area (TPSA) is 39.1 Å². The SMILES string of the molecule is Cc1cc(-c2ccc3c(c2)CC(=O)CC3)cn(C)c1=O. The Balaban J connectivity index is 2.09. The third-order valence-electron chi connectivity index (χ3n) is 3.96. The molecule has 3 heteroatoms. The number of carbonyl (C=O) groups excluding carboxylic acids is 1. The molecule has 1 aliphatic carbocycles. The van der Waals surface area contributed by atoms with Gasteiger partial charge in [0.1, 0.15) is 5.78 Å². The number of Topliss-reactive ketones (excluding diaryl/α,β-unsaturated/α-hetero) is 1. The first kappa shape index (κ1) is 12.9. The summed E-state index contributed by atoms with van der Waals surface area (Å²) in [6.07, 6.45) is 3.89. The second kappa shape index (κ2) is 4.75. The number of carbonyl (C=O) groups is 1. The number of ketones is 1. The van der Waals surface area contributed by atoms with E-state index in [-0.39, 0.29) is 5.56 Å². The summed E-state index contributed by atoms with van der Waals surface area (Å²) in [6, 6.07) is 8.19. The second-order valence-electron chi connectivity index (χ2n) is 5.53. The lowest BCUT2D eigenvalue weighted by molar-refractivity contribution is -0.118. The van der Waals surface area contributed by atoms with Gasteiger partial charge in [-0.3, -0.25) is 9.59 Å². The third kappa shape index (κ3) is 2.20. The number of nitrogens with zero attached hydrogens (tertiary/aromatic N) is 1. The van der Waals surface area contributed by atoms with E-state index in [4.69, 9.17) is 0 Å². The minimum atomic E-state index is 0.0295. The van der Waals surface area contributed by atoms with Crippen molar-refractivity contribution >= 4 is 5.78 Å². The Morgan fingerprint density at radius 1 is 1.00 bits per heavy atom.